The monoisotopic (exact) mass is 316 g/mol. The summed E-state index contributed by atoms with van der Waals surface area (Å²) in [5, 5.41) is 2.26. The molecule has 1 aromatic carbocycles. The average Bonchev–Trinajstić information content (AvgIpc) is 2.89. The standard InChI is InChI=1S/C14H12F4N2O2/c1-8-6-19-11(22-8)7-20-13(21)12(15)9-2-4-10(5-3-9)14(16,17)18/h2-6,12H,7H2,1H3,(H,20,21)/t12-/m0/s1. The number of oxazole rings is 1. The van der Waals surface area contributed by atoms with Crippen molar-refractivity contribution in [3.05, 3.63) is 53.2 Å². The molecular weight excluding hydrogens is 304 g/mol. The van der Waals surface area contributed by atoms with Gasteiger partial charge in [0.15, 0.2) is 0 Å². The quantitative estimate of drug-likeness (QED) is 0.880. The first kappa shape index (κ1) is 16.0. The summed E-state index contributed by atoms with van der Waals surface area (Å²) in [5.74, 6) is -0.218. The van der Waals surface area contributed by atoms with Crippen LogP contribution in [-0.2, 0) is 17.5 Å². The summed E-state index contributed by atoms with van der Waals surface area (Å²) in [7, 11) is 0. The van der Waals surface area contributed by atoms with E-state index in [1.165, 1.54) is 6.20 Å². The Morgan fingerprint density at radius 1 is 1.32 bits per heavy atom. The molecule has 1 atom stereocenters. The molecule has 0 fully saturated rings. The zero-order valence-corrected chi connectivity index (χ0v) is 11.4. The van der Waals surface area contributed by atoms with Gasteiger partial charge in [-0.2, -0.15) is 13.2 Å². The van der Waals surface area contributed by atoms with Crippen LogP contribution in [0.1, 0.15) is 28.9 Å². The third-order valence-corrected chi connectivity index (χ3v) is 2.84. The van der Waals surface area contributed by atoms with E-state index >= 15 is 0 Å². The van der Waals surface area contributed by atoms with Gasteiger partial charge in [0, 0.05) is 0 Å². The van der Waals surface area contributed by atoms with Crippen LogP contribution in [0.2, 0.25) is 0 Å². The minimum atomic E-state index is -4.50. The molecule has 1 amide bonds. The van der Waals surface area contributed by atoms with Gasteiger partial charge in [0.05, 0.1) is 18.3 Å². The highest BCUT2D eigenvalue weighted by atomic mass is 19.4. The predicted molar refractivity (Wildman–Crippen MR) is 68.4 cm³/mol. The zero-order valence-electron chi connectivity index (χ0n) is 11.4. The van der Waals surface area contributed by atoms with E-state index < -0.39 is 23.8 Å². The number of carbonyl (C=O) groups is 1. The average molecular weight is 316 g/mol. The summed E-state index contributed by atoms with van der Waals surface area (Å²) in [6.07, 6.45) is -5.13. The summed E-state index contributed by atoms with van der Waals surface area (Å²) >= 11 is 0. The largest absolute Gasteiger partial charge is 0.444 e. The Labute approximate surface area is 123 Å². The second-order valence-corrected chi connectivity index (χ2v) is 4.56. The van der Waals surface area contributed by atoms with Crippen molar-refractivity contribution in [3.8, 4) is 0 Å². The van der Waals surface area contributed by atoms with Crippen molar-refractivity contribution in [2.24, 2.45) is 0 Å². The lowest BCUT2D eigenvalue weighted by Gasteiger charge is -2.11. The van der Waals surface area contributed by atoms with Crippen molar-refractivity contribution in [3.63, 3.8) is 0 Å². The van der Waals surface area contributed by atoms with E-state index in [-0.39, 0.29) is 18.0 Å². The number of hydrogen-bond donors (Lipinski definition) is 1. The number of aryl methyl sites for hydroxylation is 1. The number of hydrogen-bond acceptors (Lipinski definition) is 3. The van der Waals surface area contributed by atoms with Crippen molar-refractivity contribution in [2.75, 3.05) is 0 Å². The molecule has 2 aromatic rings. The van der Waals surface area contributed by atoms with Gasteiger partial charge >= 0.3 is 6.18 Å². The van der Waals surface area contributed by atoms with Crippen LogP contribution in [0, 0.1) is 6.92 Å². The van der Waals surface area contributed by atoms with Gasteiger partial charge in [0.25, 0.3) is 5.91 Å². The number of nitrogens with zero attached hydrogens (tertiary/aromatic N) is 1. The fourth-order valence-corrected chi connectivity index (χ4v) is 1.73. The van der Waals surface area contributed by atoms with Gasteiger partial charge in [-0.1, -0.05) is 12.1 Å². The molecule has 0 aliphatic rings. The van der Waals surface area contributed by atoms with Crippen molar-refractivity contribution in [1.82, 2.24) is 10.3 Å². The van der Waals surface area contributed by atoms with Crippen LogP contribution in [0.5, 0.6) is 0 Å². The maximum Gasteiger partial charge on any atom is 0.416 e. The van der Waals surface area contributed by atoms with Gasteiger partial charge in [-0.3, -0.25) is 4.79 Å². The Kier molecular flexibility index (Phi) is 4.48. The highest BCUT2D eigenvalue weighted by molar-refractivity contribution is 5.81. The van der Waals surface area contributed by atoms with Crippen molar-refractivity contribution in [1.29, 1.82) is 0 Å². The van der Waals surface area contributed by atoms with Gasteiger partial charge in [-0.15, -0.1) is 0 Å². The van der Waals surface area contributed by atoms with Crippen molar-refractivity contribution < 1.29 is 26.8 Å². The maximum absolute atomic E-state index is 13.9. The van der Waals surface area contributed by atoms with Gasteiger partial charge in [-0.05, 0) is 24.6 Å². The van der Waals surface area contributed by atoms with E-state index in [9.17, 15) is 22.4 Å². The molecule has 0 unspecified atom stereocenters. The van der Waals surface area contributed by atoms with E-state index in [4.69, 9.17) is 4.42 Å². The Bertz CT molecular complexity index is 650. The van der Waals surface area contributed by atoms with E-state index in [1.807, 2.05) is 0 Å². The van der Waals surface area contributed by atoms with Gasteiger partial charge in [0.1, 0.15) is 5.76 Å². The number of benzene rings is 1. The van der Waals surface area contributed by atoms with E-state index in [2.05, 4.69) is 10.3 Å². The van der Waals surface area contributed by atoms with E-state index in [0.717, 1.165) is 24.3 Å². The number of carbonyl (C=O) groups excluding carboxylic acids is 1. The van der Waals surface area contributed by atoms with Crippen molar-refractivity contribution >= 4 is 5.91 Å². The van der Waals surface area contributed by atoms with Crippen LogP contribution < -0.4 is 5.32 Å². The Balaban J connectivity index is 1.98. The predicted octanol–water partition coefficient (Wildman–Crippen LogP) is 3.33. The lowest BCUT2D eigenvalue weighted by molar-refractivity contribution is -0.137. The summed E-state index contributed by atoms with van der Waals surface area (Å²) < 4.78 is 56.2. The molecule has 0 aliphatic carbocycles. The van der Waals surface area contributed by atoms with Crippen LogP contribution >= 0.6 is 0 Å². The van der Waals surface area contributed by atoms with Crippen LogP contribution in [0.4, 0.5) is 17.6 Å². The molecule has 0 saturated heterocycles. The second-order valence-electron chi connectivity index (χ2n) is 4.56. The molecule has 0 radical (unpaired) electrons. The number of aromatic nitrogens is 1. The second kappa shape index (κ2) is 6.17. The summed E-state index contributed by atoms with van der Waals surface area (Å²) in [6, 6.07) is 3.32. The fourth-order valence-electron chi connectivity index (χ4n) is 1.73. The van der Waals surface area contributed by atoms with E-state index in [1.54, 1.807) is 6.92 Å². The van der Waals surface area contributed by atoms with Gasteiger partial charge in [-0.25, -0.2) is 9.37 Å². The molecule has 0 spiro atoms. The third-order valence-electron chi connectivity index (χ3n) is 2.84. The first-order valence-corrected chi connectivity index (χ1v) is 6.27. The molecule has 1 heterocycles. The topological polar surface area (TPSA) is 55.1 Å². The molecule has 0 bridgehead atoms. The summed E-state index contributed by atoms with van der Waals surface area (Å²) in [6.45, 7) is 1.56. The molecule has 22 heavy (non-hydrogen) atoms. The fraction of sp³-hybridized carbons (Fsp3) is 0.286. The molecule has 8 heteroatoms. The normalized spacial score (nSPS) is 13.0. The molecule has 0 aliphatic heterocycles. The Morgan fingerprint density at radius 3 is 2.45 bits per heavy atom. The van der Waals surface area contributed by atoms with Crippen LogP contribution in [0.15, 0.2) is 34.9 Å². The molecule has 0 saturated carbocycles. The van der Waals surface area contributed by atoms with Crippen molar-refractivity contribution in [2.45, 2.75) is 25.8 Å². The van der Waals surface area contributed by atoms with Crippen LogP contribution in [0.3, 0.4) is 0 Å². The SMILES string of the molecule is Cc1cnc(CNC(=O)[C@@H](F)c2ccc(C(F)(F)F)cc2)o1. The summed E-state index contributed by atoms with van der Waals surface area (Å²) in [5.41, 5.74) is -1.06. The lowest BCUT2D eigenvalue weighted by Crippen LogP contribution is -2.27. The minimum Gasteiger partial charge on any atom is -0.444 e. The third kappa shape index (κ3) is 3.84. The first-order valence-electron chi connectivity index (χ1n) is 6.27. The number of nitrogens with one attached hydrogen (secondary N) is 1. The summed E-state index contributed by atoms with van der Waals surface area (Å²) in [4.78, 5) is 15.5. The molecule has 118 valence electrons. The Hall–Kier alpha value is -2.38. The zero-order chi connectivity index (χ0) is 16.3. The van der Waals surface area contributed by atoms with Gasteiger partial charge < -0.3 is 9.73 Å². The number of alkyl halides is 4. The van der Waals surface area contributed by atoms with Crippen LogP contribution in [0.25, 0.3) is 0 Å². The van der Waals surface area contributed by atoms with Gasteiger partial charge in [0.2, 0.25) is 12.1 Å². The molecule has 4 nitrogen and oxygen atoms in total. The molecule has 1 aromatic heterocycles. The number of halogens is 4. The molecule has 1 N–H and O–H groups in total. The number of rotatable bonds is 4. The highest BCUT2D eigenvalue weighted by Gasteiger charge is 2.30. The first-order chi connectivity index (χ1) is 10.3. The maximum atomic E-state index is 13.9. The molecule has 2 rings (SSSR count). The van der Waals surface area contributed by atoms with E-state index in [0.29, 0.717) is 5.76 Å². The Morgan fingerprint density at radius 2 is 1.95 bits per heavy atom. The minimum absolute atomic E-state index is 0.103. The van der Waals surface area contributed by atoms with Crippen LogP contribution in [-0.4, -0.2) is 10.9 Å². The molecular formula is C14H12F4N2O2. The smallest absolute Gasteiger partial charge is 0.416 e. The lowest BCUT2D eigenvalue weighted by atomic mass is 10.1. The number of amides is 1. The highest BCUT2D eigenvalue weighted by Crippen LogP contribution is 2.30.